The number of aliphatic hydroxyl groups is 1. The van der Waals surface area contributed by atoms with Gasteiger partial charge >= 0.3 is 0 Å². The maximum Gasteiger partial charge on any atom is 0.0730 e. The van der Waals surface area contributed by atoms with Crippen LogP contribution in [0.5, 0.6) is 0 Å². The van der Waals surface area contributed by atoms with Crippen LogP contribution in [0.15, 0.2) is 30.3 Å². The van der Waals surface area contributed by atoms with Crippen LogP contribution in [0, 0.1) is 5.92 Å². The van der Waals surface area contributed by atoms with E-state index in [-0.39, 0.29) is 12.1 Å². The van der Waals surface area contributed by atoms with Gasteiger partial charge in [-0.2, -0.15) is 0 Å². The van der Waals surface area contributed by atoms with Gasteiger partial charge in [-0.3, -0.25) is 0 Å². The van der Waals surface area contributed by atoms with Crippen molar-refractivity contribution in [3.63, 3.8) is 0 Å². The highest BCUT2D eigenvalue weighted by Crippen LogP contribution is 2.23. The van der Waals surface area contributed by atoms with Gasteiger partial charge < -0.3 is 10.4 Å². The molecule has 1 saturated carbocycles. The first kappa shape index (κ1) is 13.6. The quantitative estimate of drug-likeness (QED) is 0.810. The van der Waals surface area contributed by atoms with Gasteiger partial charge in [0.1, 0.15) is 0 Å². The van der Waals surface area contributed by atoms with E-state index in [0.717, 1.165) is 18.9 Å². The maximum atomic E-state index is 10.2. The van der Waals surface area contributed by atoms with Crippen LogP contribution in [0.2, 0.25) is 0 Å². The lowest BCUT2D eigenvalue weighted by molar-refractivity contribution is 0.132. The van der Waals surface area contributed by atoms with Crippen molar-refractivity contribution in [1.29, 1.82) is 0 Å². The summed E-state index contributed by atoms with van der Waals surface area (Å²) in [5, 5.41) is 13.7. The normalized spacial score (nSPS) is 19.9. The number of aliphatic hydroxyl groups excluding tert-OH is 1. The number of hydrogen-bond acceptors (Lipinski definition) is 2. The highest BCUT2D eigenvalue weighted by atomic mass is 16.3. The van der Waals surface area contributed by atoms with Crippen LogP contribution < -0.4 is 5.32 Å². The number of hydrogen-bond donors (Lipinski definition) is 2. The molecule has 2 unspecified atom stereocenters. The van der Waals surface area contributed by atoms with Gasteiger partial charge in [0.2, 0.25) is 0 Å². The van der Waals surface area contributed by atoms with Crippen molar-refractivity contribution >= 4 is 0 Å². The third kappa shape index (κ3) is 4.11. The van der Waals surface area contributed by atoms with Crippen LogP contribution in [-0.4, -0.2) is 23.8 Å². The number of nitrogens with one attached hydrogen (secondary N) is 1. The molecule has 0 heterocycles. The summed E-state index contributed by atoms with van der Waals surface area (Å²) in [6, 6.07) is 10.4. The van der Waals surface area contributed by atoms with E-state index in [1.807, 2.05) is 18.2 Å². The Hall–Kier alpha value is -0.860. The molecule has 2 rings (SSSR count). The van der Waals surface area contributed by atoms with Crippen molar-refractivity contribution in [2.45, 2.75) is 51.2 Å². The van der Waals surface area contributed by atoms with E-state index in [9.17, 15) is 5.11 Å². The number of rotatable bonds is 6. The fourth-order valence-electron chi connectivity index (χ4n) is 2.74. The van der Waals surface area contributed by atoms with E-state index in [4.69, 9.17) is 0 Å². The fourth-order valence-corrected chi connectivity index (χ4v) is 2.74. The molecular weight excluding hydrogens is 222 g/mol. The minimum atomic E-state index is -0.297. The molecule has 0 aromatic heterocycles. The first-order valence-corrected chi connectivity index (χ1v) is 7.21. The second-order valence-electron chi connectivity index (χ2n) is 5.60. The Morgan fingerprint density at radius 3 is 2.56 bits per heavy atom. The van der Waals surface area contributed by atoms with Gasteiger partial charge in [-0.1, -0.05) is 43.2 Å². The molecule has 0 radical (unpaired) electrons. The molecule has 2 nitrogen and oxygen atoms in total. The zero-order chi connectivity index (χ0) is 12.8. The zero-order valence-corrected chi connectivity index (χ0v) is 11.3. The Balaban J connectivity index is 1.72. The molecule has 0 bridgehead atoms. The van der Waals surface area contributed by atoms with E-state index in [1.54, 1.807) is 0 Å². The molecule has 0 saturated heterocycles. The predicted molar refractivity (Wildman–Crippen MR) is 75.6 cm³/mol. The molecule has 1 fully saturated rings. The van der Waals surface area contributed by atoms with Crippen LogP contribution in [0.1, 0.15) is 38.2 Å². The van der Waals surface area contributed by atoms with Crippen molar-refractivity contribution in [2.75, 3.05) is 6.54 Å². The second kappa shape index (κ2) is 6.91. The Labute approximate surface area is 110 Å². The smallest absolute Gasteiger partial charge is 0.0730 e. The molecule has 0 aliphatic heterocycles. The molecule has 2 N–H and O–H groups in total. The van der Waals surface area contributed by atoms with E-state index in [0.29, 0.717) is 0 Å². The molecule has 1 aliphatic carbocycles. The topological polar surface area (TPSA) is 32.3 Å². The van der Waals surface area contributed by atoms with Crippen LogP contribution in [-0.2, 0) is 6.42 Å². The lowest BCUT2D eigenvalue weighted by Crippen LogP contribution is -2.40. The zero-order valence-electron chi connectivity index (χ0n) is 11.3. The fraction of sp³-hybridized carbons (Fsp3) is 0.625. The Morgan fingerprint density at radius 1 is 1.22 bits per heavy atom. The molecule has 2 heteroatoms. The van der Waals surface area contributed by atoms with Crippen molar-refractivity contribution in [2.24, 2.45) is 5.92 Å². The van der Waals surface area contributed by atoms with Crippen LogP contribution in [0.3, 0.4) is 0 Å². The van der Waals surface area contributed by atoms with Gasteiger partial charge in [0, 0.05) is 6.04 Å². The van der Waals surface area contributed by atoms with Crippen molar-refractivity contribution in [3.8, 4) is 0 Å². The summed E-state index contributed by atoms with van der Waals surface area (Å²) in [4.78, 5) is 0. The van der Waals surface area contributed by atoms with E-state index < -0.39 is 0 Å². The molecule has 100 valence electrons. The number of benzene rings is 1. The third-order valence-electron chi connectivity index (χ3n) is 4.07. The summed E-state index contributed by atoms with van der Waals surface area (Å²) in [6.07, 6.45) is 5.91. The van der Waals surface area contributed by atoms with E-state index >= 15 is 0 Å². The first-order valence-electron chi connectivity index (χ1n) is 7.21. The highest BCUT2D eigenvalue weighted by molar-refractivity contribution is 5.15. The average molecular weight is 247 g/mol. The van der Waals surface area contributed by atoms with E-state index in [2.05, 4.69) is 24.4 Å². The monoisotopic (exact) mass is 247 g/mol. The van der Waals surface area contributed by atoms with Gasteiger partial charge in [-0.15, -0.1) is 0 Å². The SMILES string of the molecule is CC(NCC1CCCC1)C(O)Cc1ccccc1. The minimum Gasteiger partial charge on any atom is -0.391 e. The molecule has 2 atom stereocenters. The van der Waals surface area contributed by atoms with E-state index in [1.165, 1.54) is 31.2 Å². The molecule has 0 amide bonds. The summed E-state index contributed by atoms with van der Waals surface area (Å²) < 4.78 is 0. The summed E-state index contributed by atoms with van der Waals surface area (Å²) in [6.45, 7) is 3.15. The standard InChI is InChI=1S/C16H25NO/c1-13(17-12-15-9-5-6-10-15)16(18)11-14-7-3-2-4-8-14/h2-4,7-8,13,15-18H,5-6,9-12H2,1H3. The van der Waals surface area contributed by atoms with Gasteiger partial charge in [-0.25, -0.2) is 0 Å². The summed E-state index contributed by atoms with van der Waals surface area (Å²) in [5.41, 5.74) is 1.21. The molecule has 1 aromatic rings. The molecule has 18 heavy (non-hydrogen) atoms. The molecule has 0 spiro atoms. The Bertz CT molecular complexity index is 332. The van der Waals surface area contributed by atoms with Crippen LogP contribution >= 0.6 is 0 Å². The molecule has 1 aromatic carbocycles. The lowest BCUT2D eigenvalue weighted by atomic mass is 10.0. The first-order chi connectivity index (χ1) is 8.75. The Kier molecular flexibility index (Phi) is 5.21. The molecule has 1 aliphatic rings. The third-order valence-corrected chi connectivity index (χ3v) is 4.07. The Morgan fingerprint density at radius 2 is 1.89 bits per heavy atom. The molecular formula is C16H25NO. The second-order valence-corrected chi connectivity index (χ2v) is 5.60. The maximum absolute atomic E-state index is 10.2. The van der Waals surface area contributed by atoms with Gasteiger partial charge in [0.15, 0.2) is 0 Å². The van der Waals surface area contributed by atoms with Crippen LogP contribution in [0.25, 0.3) is 0 Å². The van der Waals surface area contributed by atoms with Crippen LogP contribution in [0.4, 0.5) is 0 Å². The minimum absolute atomic E-state index is 0.172. The van der Waals surface area contributed by atoms with Gasteiger partial charge in [0.05, 0.1) is 6.10 Å². The van der Waals surface area contributed by atoms with Crippen molar-refractivity contribution < 1.29 is 5.11 Å². The highest BCUT2D eigenvalue weighted by Gasteiger charge is 2.18. The average Bonchev–Trinajstić information content (AvgIpc) is 2.90. The van der Waals surface area contributed by atoms with Crippen molar-refractivity contribution in [3.05, 3.63) is 35.9 Å². The predicted octanol–water partition coefficient (Wildman–Crippen LogP) is 2.76. The summed E-state index contributed by atoms with van der Waals surface area (Å²) >= 11 is 0. The van der Waals surface area contributed by atoms with Crippen molar-refractivity contribution in [1.82, 2.24) is 5.32 Å². The van der Waals surface area contributed by atoms with Gasteiger partial charge in [0.25, 0.3) is 0 Å². The van der Waals surface area contributed by atoms with Gasteiger partial charge in [-0.05, 0) is 44.2 Å². The summed E-state index contributed by atoms with van der Waals surface area (Å²) in [7, 11) is 0. The summed E-state index contributed by atoms with van der Waals surface area (Å²) in [5.74, 6) is 0.830. The largest absolute Gasteiger partial charge is 0.391 e. The lowest BCUT2D eigenvalue weighted by Gasteiger charge is -2.22.